The number of hydrogen-bond acceptors (Lipinski definition) is 3. The third-order valence-corrected chi connectivity index (χ3v) is 1.32. The SMILES string of the molecule is NC(=O)N(C(N)=O)c1ccccn1. The van der Waals surface area contributed by atoms with Crippen LogP contribution in [0.4, 0.5) is 15.4 Å². The highest BCUT2D eigenvalue weighted by Gasteiger charge is 2.18. The zero-order valence-corrected chi connectivity index (χ0v) is 6.68. The smallest absolute Gasteiger partial charge is 0.328 e. The fraction of sp³-hybridized carbons (Fsp3) is 0. The summed E-state index contributed by atoms with van der Waals surface area (Å²) >= 11 is 0. The van der Waals surface area contributed by atoms with Crippen LogP contribution in [0.3, 0.4) is 0 Å². The molecule has 0 saturated carbocycles. The highest BCUT2D eigenvalue weighted by Crippen LogP contribution is 2.07. The Hall–Kier alpha value is -2.11. The average Bonchev–Trinajstić information content (AvgIpc) is 2.04. The first-order valence-corrected chi connectivity index (χ1v) is 3.43. The Labute approximate surface area is 74.1 Å². The highest BCUT2D eigenvalue weighted by atomic mass is 16.2. The molecule has 68 valence electrons. The number of carbonyl (C=O) groups is 2. The van der Waals surface area contributed by atoms with Crippen molar-refractivity contribution in [2.75, 3.05) is 4.90 Å². The van der Waals surface area contributed by atoms with Crippen LogP contribution in [0.15, 0.2) is 24.4 Å². The standard InChI is InChI=1S/C7H8N4O2/c8-6(12)11(7(9)13)5-3-1-2-4-10-5/h1-4H,(H2,8,12)(H2,9,13). The predicted molar refractivity (Wildman–Crippen MR) is 45.9 cm³/mol. The van der Waals surface area contributed by atoms with E-state index >= 15 is 0 Å². The summed E-state index contributed by atoms with van der Waals surface area (Å²) in [6, 6.07) is 2.80. The molecular weight excluding hydrogens is 172 g/mol. The van der Waals surface area contributed by atoms with Gasteiger partial charge in [0.2, 0.25) is 0 Å². The van der Waals surface area contributed by atoms with Crippen molar-refractivity contribution in [3.05, 3.63) is 24.4 Å². The van der Waals surface area contributed by atoms with E-state index in [1.54, 1.807) is 12.1 Å². The molecule has 0 fully saturated rings. The Morgan fingerprint density at radius 1 is 1.23 bits per heavy atom. The number of nitrogens with two attached hydrogens (primary N) is 2. The molecule has 0 aliphatic heterocycles. The van der Waals surface area contributed by atoms with E-state index in [9.17, 15) is 9.59 Å². The summed E-state index contributed by atoms with van der Waals surface area (Å²) in [6.45, 7) is 0. The number of imide groups is 1. The summed E-state index contributed by atoms with van der Waals surface area (Å²) in [5.74, 6) is 0.113. The first kappa shape index (κ1) is 8.98. The predicted octanol–water partition coefficient (Wildman–Crippen LogP) is 0.0454. The monoisotopic (exact) mass is 180 g/mol. The van der Waals surface area contributed by atoms with Crippen molar-refractivity contribution in [3.63, 3.8) is 0 Å². The number of aromatic nitrogens is 1. The van der Waals surface area contributed by atoms with Crippen LogP contribution < -0.4 is 16.4 Å². The van der Waals surface area contributed by atoms with E-state index in [4.69, 9.17) is 11.5 Å². The van der Waals surface area contributed by atoms with Crippen molar-refractivity contribution >= 4 is 17.9 Å². The first-order chi connectivity index (χ1) is 6.13. The van der Waals surface area contributed by atoms with E-state index in [2.05, 4.69) is 4.98 Å². The molecule has 0 aliphatic rings. The Kier molecular flexibility index (Phi) is 2.44. The topological polar surface area (TPSA) is 102 Å². The molecule has 6 nitrogen and oxygen atoms in total. The molecule has 0 radical (unpaired) electrons. The third-order valence-electron chi connectivity index (χ3n) is 1.32. The molecule has 0 unspecified atom stereocenters. The van der Waals surface area contributed by atoms with E-state index < -0.39 is 12.1 Å². The van der Waals surface area contributed by atoms with Gasteiger partial charge in [0.15, 0.2) is 0 Å². The molecule has 1 aromatic heterocycles. The number of amides is 4. The second-order valence-corrected chi connectivity index (χ2v) is 2.20. The molecule has 0 atom stereocenters. The summed E-state index contributed by atoms with van der Waals surface area (Å²) in [5.41, 5.74) is 9.83. The summed E-state index contributed by atoms with van der Waals surface area (Å²) in [6.07, 6.45) is 1.42. The van der Waals surface area contributed by atoms with Gasteiger partial charge in [-0.15, -0.1) is 0 Å². The number of rotatable bonds is 1. The molecule has 1 rings (SSSR count). The van der Waals surface area contributed by atoms with Gasteiger partial charge in [-0.2, -0.15) is 4.90 Å². The Morgan fingerprint density at radius 2 is 1.85 bits per heavy atom. The molecule has 0 aromatic carbocycles. The molecule has 1 heterocycles. The first-order valence-electron chi connectivity index (χ1n) is 3.43. The summed E-state index contributed by atoms with van der Waals surface area (Å²) in [7, 11) is 0. The molecule has 0 saturated heterocycles. The van der Waals surface area contributed by atoms with Crippen LogP contribution in [0.25, 0.3) is 0 Å². The van der Waals surface area contributed by atoms with Gasteiger partial charge in [0.1, 0.15) is 5.82 Å². The Bertz CT molecular complexity index is 311. The van der Waals surface area contributed by atoms with Crippen LogP contribution in [0, 0.1) is 0 Å². The van der Waals surface area contributed by atoms with E-state index in [1.165, 1.54) is 12.3 Å². The number of pyridine rings is 1. The summed E-state index contributed by atoms with van der Waals surface area (Å²) in [4.78, 5) is 25.8. The van der Waals surface area contributed by atoms with Gasteiger partial charge in [0.25, 0.3) is 0 Å². The lowest BCUT2D eigenvalue weighted by atomic mass is 10.4. The number of nitrogens with zero attached hydrogens (tertiary/aromatic N) is 2. The normalized spacial score (nSPS) is 9.23. The quantitative estimate of drug-likeness (QED) is 0.637. The number of urea groups is 2. The van der Waals surface area contributed by atoms with Gasteiger partial charge < -0.3 is 11.5 Å². The second kappa shape index (κ2) is 3.53. The zero-order chi connectivity index (χ0) is 9.84. The van der Waals surface area contributed by atoms with Gasteiger partial charge in [-0.1, -0.05) is 6.07 Å². The van der Waals surface area contributed by atoms with Crippen LogP contribution in [-0.4, -0.2) is 17.0 Å². The molecule has 1 aromatic rings. The Morgan fingerprint density at radius 3 is 2.23 bits per heavy atom. The molecule has 4 N–H and O–H groups in total. The average molecular weight is 180 g/mol. The van der Waals surface area contributed by atoms with Gasteiger partial charge in [-0.25, -0.2) is 14.6 Å². The summed E-state index contributed by atoms with van der Waals surface area (Å²) in [5, 5.41) is 0. The van der Waals surface area contributed by atoms with Crippen LogP contribution in [0.1, 0.15) is 0 Å². The lowest BCUT2D eigenvalue weighted by molar-refractivity contribution is 0.243. The molecule has 4 amide bonds. The van der Waals surface area contributed by atoms with Crippen molar-refractivity contribution in [3.8, 4) is 0 Å². The molecule has 0 spiro atoms. The van der Waals surface area contributed by atoms with E-state index in [0.29, 0.717) is 4.90 Å². The van der Waals surface area contributed by atoms with Crippen LogP contribution in [-0.2, 0) is 0 Å². The van der Waals surface area contributed by atoms with Crippen molar-refractivity contribution in [1.82, 2.24) is 4.98 Å². The van der Waals surface area contributed by atoms with E-state index in [0.717, 1.165) is 0 Å². The molecule has 13 heavy (non-hydrogen) atoms. The van der Waals surface area contributed by atoms with Gasteiger partial charge in [0.05, 0.1) is 0 Å². The lowest BCUT2D eigenvalue weighted by Gasteiger charge is -2.13. The maximum absolute atomic E-state index is 10.7. The van der Waals surface area contributed by atoms with Gasteiger partial charge in [0, 0.05) is 6.20 Å². The molecule has 0 bridgehead atoms. The van der Waals surface area contributed by atoms with Gasteiger partial charge in [-0.3, -0.25) is 0 Å². The number of hydrogen-bond donors (Lipinski definition) is 2. The molecular formula is C7H8N4O2. The van der Waals surface area contributed by atoms with Crippen molar-refractivity contribution in [2.24, 2.45) is 11.5 Å². The fourth-order valence-corrected chi connectivity index (χ4v) is 0.820. The Balaban J connectivity index is 3.03. The van der Waals surface area contributed by atoms with Crippen molar-refractivity contribution in [1.29, 1.82) is 0 Å². The van der Waals surface area contributed by atoms with Crippen LogP contribution in [0.5, 0.6) is 0 Å². The minimum absolute atomic E-state index is 0.113. The third kappa shape index (κ3) is 1.92. The minimum Gasteiger partial charge on any atom is -0.351 e. The molecule has 0 aliphatic carbocycles. The number of carbonyl (C=O) groups excluding carboxylic acids is 2. The van der Waals surface area contributed by atoms with E-state index in [-0.39, 0.29) is 5.82 Å². The zero-order valence-electron chi connectivity index (χ0n) is 6.68. The van der Waals surface area contributed by atoms with Crippen LogP contribution >= 0.6 is 0 Å². The fourth-order valence-electron chi connectivity index (χ4n) is 0.820. The van der Waals surface area contributed by atoms with Gasteiger partial charge >= 0.3 is 12.1 Å². The summed E-state index contributed by atoms with van der Waals surface area (Å²) < 4.78 is 0. The number of primary amides is 2. The maximum atomic E-state index is 10.7. The highest BCUT2D eigenvalue weighted by molar-refractivity contribution is 6.11. The van der Waals surface area contributed by atoms with Crippen molar-refractivity contribution < 1.29 is 9.59 Å². The lowest BCUT2D eigenvalue weighted by Crippen LogP contribution is -2.44. The van der Waals surface area contributed by atoms with E-state index in [1.807, 2.05) is 0 Å². The maximum Gasteiger partial charge on any atom is 0.328 e. The molecule has 6 heteroatoms. The van der Waals surface area contributed by atoms with Gasteiger partial charge in [-0.05, 0) is 12.1 Å². The minimum atomic E-state index is -0.953. The largest absolute Gasteiger partial charge is 0.351 e. The van der Waals surface area contributed by atoms with Crippen molar-refractivity contribution in [2.45, 2.75) is 0 Å². The van der Waals surface area contributed by atoms with Crippen LogP contribution in [0.2, 0.25) is 0 Å². The second-order valence-electron chi connectivity index (χ2n) is 2.20. The number of anilines is 1.